The molecule has 0 fully saturated rings. The number of alkyl halides is 3. The molecule has 27 heavy (non-hydrogen) atoms. The summed E-state index contributed by atoms with van der Waals surface area (Å²) >= 11 is 0. The number of fused-ring (bicyclic) bond motifs is 1. The maximum Gasteiger partial charge on any atom is 0.416 e. The van der Waals surface area contributed by atoms with Crippen LogP contribution in [0.2, 0.25) is 0 Å². The quantitative estimate of drug-likeness (QED) is 0.424. The lowest BCUT2D eigenvalue weighted by molar-refractivity contribution is -0.702. The van der Waals surface area contributed by atoms with E-state index in [0.717, 1.165) is 55.4 Å². The molecule has 2 nitrogen and oxygen atoms in total. The molecule has 2 heterocycles. The van der Waals surface area contributed by atoms with Gasteiger partial charge in [-0.15, -0.1) is 0 Å². The van der Waals surface area contributed by atoms with Crippen molar-refractivity contribution in [2.24, 2.45) is 0 Å². The summed E-state index contributed by atoms with van der Waals surface area (Å²) in [5, 5.41) is 0. The highest BCUT2D eigenvalue weighted by Crippen LogP contribution is 2.32. The molecule has 0 radical (unpaired) electrons. The van der Waals surface area contributed by atoms with Crippen LogP contribution in [0.4, 0.5) is 17.6 Å². The third-order valence-corrected chi connectivity index (χ3v) is 4.98. The summed E-state index contributed by atoms with van der Waals surface area (Å²) in [6.45, 7) is 0.829. The van der Waals surface area contributed by atoms with Gasteiger partial charge in [-0.1, -0.05) is 6.07 Å². The number of benzene rings is 2. The largest absolute Gasteiger partial charge is 0.416 e. The first-order valence-electron chi connectivity index (χ1n) is 9.01. The zero-order chi connectivity index (χ0) is 19.0. The first-order valence-corrected chi connectivity index (χ1v) is 9.01. The molecular weight excluding hydrogens is 356 g/mol. The minimum atomic E-state index is -4.40. The lowest BCUT2D eigenvalue weighted by Crippen LogP contribution is -2.35. The normalized spacial score (nSPS) is 14.7. The molecule has 0 atom stereocenters. The second-order valence-corrected chi connectivity index (χ2v) is 6.83. The Morgan fingerprint density at radius 2 is 1.70 bits per heavy atom. The van der Waals surface area contributed by atoms with Crippen molar-refractivity contribution >= 4 is 0 Å². The fourth-order valence-corrected chi connectivity index (χ4v) is 3.67. The Morgan fingerprint density at radius 3 is 2.44 bits per heavy atom. The number of hydrogen-bond acceptors (Lipinski definition) is 0. The summed E-state index contributed by atoms with van der Waals surface area (Å²) in [4.78, 5) is 0. The molecule has 3 aromatic rings. The molecule has 0 spiro atoms. The molecule has 0 aliphatic carbocycles. The third kappa shape index (κ3) is 3.48. The third-order valence-electron chi connectivity index (χ3n) is 4.98. The van der Waals surface area contributed by atoms with E-state index in [2.05, 4.69) is 4.57 Å². The fraction of sp³-hybridized carbons (Fsp3) is 0.286. The van der Waals surface area contributed by atoms with Crippen LogP contribution in [0.25, 0.3) is 16.9 Å². The van der Waals surface area contributed by atoms with E-state index in [9.17, 15) is 17.6 Å². The van der Waals surface area contributed by atoms with Gasteiger partial charge in [0.2, 0.25) is 0 Å². The Kier molecular flexibility index (Phi) is 4.50. The predicted octanol–water partition coefficient (Wildman–Crippen LogP) is 5.32. The van der Waals surface area contributed by atoms with Crippen LogP contribution in [-0.4, -0.2) is 4.57 Å². The van der Waals surface area contributed by atoms with Crippen LogP contribution in [0.1, 0.15) is 30.7 Å². The summed E-state index contributed by atoms with van der Waals surface area (Å²) in [5.74, 6) is 0.635. The minimum Gasteiger partial charge on any atom is -0.233 e. The number of halogens is 4. The van der Waals surface area contributed by atoms with Crippen molar-refractivity contribution < 1.29 is 22.1 Å². The maximum atomic E-state index is 13.4. The Bertz CT molecular complexity index is 955. The molecule has 2 aromatic carbocycles. The second kappa shape index (κ2) is 6.83. The van der Waals surface area contributed by atoms with Crippen LogP contribution in [0.15, 0.2) is 54.7 Å². The van der Waals surface area contributed by atoms with Gasteiger partial charge in [-0.05, 0) is 61.7 Å². The van der Waals surface area contributed by atoms with Crippen LogP contribution in [0.5, 0.6) is 0 Å². The van der Waals surface area contributed by atoms with Crippen LogP contribution < -0.4 is 4.57 Å². The first-order chi connectivity index (χ1) is 12.9. The Hall–Kier alpha value is -2.63. The van der Waals surface area contributed by atoms with Gasteiger partial charge in [0.05, 0.1) is 12.1 Å². The van der Waals surface area contributed by atoms with E-state index >= 15 is 0 Å². The number of hydrogen-bond donors (Lipinski definition) is 0. The smallest absolute Gasteiger partial charge is 0.233 e. The SMILES string of the molecule is Fc1ccc(-c2c[n+]3c(n2-c2cccc(C(F)(F)F)c2)CCCCC3)cc1. The molecule has 0 amide bonds. The van der Waals surface area contributed by atoms with E-state index < -0.39 is 11.7 Å². The lowest BCUT2D eigenvalue weighted by atomic mass is 10.1. The summed E-state index contributed by atoms with van der Waals surface area (Å²) in [7, 11) is 0. The summed E-state index contributed by atoms with van der Waals surface area (Å²) < 4.78 is 57.0. The molecule has 0 unspecified atom stereocenters. The standard InChI is InChI=1S/C21H19F4N2/c22-17-10-8-15(9-11-17)19-14-26-12-3-1-2-7-20(26)27(19)18-6-4-5-16(13-18)21(23,24)25/h4-6,8-11,13-14H,1-3,7,12H2/q+1. The van der Waals surface area contributed by atoms with E-state index in [1.165, 1.54) is 24.3 Å². The van der Waals surface area contributed by atoms with Crippen molar-refractivity contribution in [3.05, 3.63) is 71.9 Å². The van der Waals surface area contributed by atoms with Gasteiger partial charge in [0, 0.05) is 12.0 Å². The lowest BCUT2D eigenvalue weighted by Gasteiger charge is -2.10. The van der Waals surface area contributed by atoms with E-state index in [4.69, 9.17) is 0 Å². The molecule has 1 aliphatic heterocycles. The van der Waals surface area contributed by atoms with Crippen LogP contribution in [0.3, 0.4) is 0 Å². The van der Waals surface area contributed by atoms with E-state index in [-0.39, 0.29) is 5.82 Å². The van der Waals surface area contributed by atoms with Crippen molar-refractivity contribution in [2.45, 2.75) is 38.4 Å². The number of aromatic nitrogens is 2. The molecule has 140 valence electrons. The summed E-state index contributed by atoms with van der Waals surface area (Å²) in [6, 6.07) is 11.4. The number of aryl methyl sites for hydroxylation is 1. The van der Waals surface area contributed by atoms with E-state index in [0.29, 0.717) is 5.69 Å². The summed E-state index contributed by atoms with van der Waals surface area (Å²) in [5.41, 5.74) is 1.34. The van der Waals surface area contributed by atoms with Gasteiger partial charge < -0.3 is 0 Å². The molecule has 0 bridgehead atoms. The highest BCUT2D eigenvalue weighted by Gasteiger charge is 2.33. The van der Waals surface area contributed by atoms with Gasteiger partial charge >= 0.3 is 6.18 Å². The highest BCUT2D eigenvalue weighted by atomic mass is 19.4. The molecule has 1 aliphatic rings. The second-order valence-electron chi connectivity index (χ2n) is 6.83. The predicted molar refractivity (Wildman–Crippen MR) is 93.9 cm³/mol. The van der Waals surface area contributed by atoms with Crippen molar-refractivity contribution in [2.75, 3.05) is 0 Å². The van der Waals surface area contributed by atoms with Crippen LogP contribution in [0, 0.1) is 5.82 Å². The van der Waals surface area contributed by atoms with Gasteiger partial charge in [-0.2, -0.15) is 17.7 Å². The molecule has 1 aromatic heterocycles. The van der Waals surface area contributed by atoms with Crippen LogP contribution >= 0.6 is 0 Å². The monoisotopic (exact) mass is 375 g/mol. The van der Waals surface area contributed by atoms with Crippen molar-refractivity contribution in [3.63, 3.8) is 0 Å². The molecule has 0 N–H and O–H groups in total. The summed E-state index contributed by atoms with van der Waals surface area (Å²) in [6.07, 6.45) is 1.48. The molecule has 0 saturated carbocycles. The number of imidazole rings is 1. The Labute approximate surface area is 154 Å². The fourth-order valence-electron chi connectivity index (χ4n) is 3.67. The van der Waals surface area contributed by atoms with Gasteiger partial charge in [0.1, 0.15) is 17.7 Å². The Balaban J connectivity index is 1.93. The molecule has 4 rings (SSSR count). The molecule has 0 saturated heterocycles. The molecule has 6 heteroatoms. The van der Waals surface area contributed by atoms with E-state index in [1.807, 2.05) is 10.8 Å². The van der Waals surface area contributed by atoms with Crippen molar-refractivity contribution in [1.82, 2.24) is 4.57 Å². The van der Waals surface area contributed by atoms with E-state index in [1.54, 1.807) is 18.2 Å². The number of rotatable bonds is 2. The molecular formula is C21H19F4N2+. The average molecular weight is 375 g/mol. The van der Waals surface area contributed by atoms with Gasteiger partial charge in [0.25, 0.3) is 5.82 Å². The minimum absolute atomic E-state index is 0.342. The van der Waals surface area contributed by atoms with Crippen LogP contribution in [-0.2, 0) is 19.1 Å². The topological polar surface area (TPSA) is 8.81 Å². The van der Waals surface area contributed by atoms with Gasteiger partial charge in [-0.25, -0.2) is 8.96 Å². The van der Waals surface area contributed by atoms with Gasteiger partial charge in [0.15, 0.2) is 5.69 Å². The maximum absolute atomic E-state index is 13.4. The number of nitrogens with zero attached hydrogens (tertiary/aromatic N) is 2. The van der Waals surface area contributed by atoms with Crippen molar-refractivity contribution in [1.29, 1.82) is 0 Å². The van der Waals surface area contributed by atoms with Gasteiger partial charge in [-0.3, -0.25) is 0 Å². The Morgan fingerprint density at radius 1 is 0.926 bits per heavy atom. The van der Waals surface area contributed by atoms with Crippen molar-refractivity contribution in [3.8, 4) is 16.9 Å². The zero-order valence-corrected chi connectivity index (χ0v) is 14.6. The first kappa shape index (κ1) is 17.8. The average Bonchev–Trinajstić information content (AvgIpc) is 2.84. The zero-order valence-electron chi connectivity index (χ0n) is 14.6. The highest BCUT2D eigenvalue weighted by molar-refractivity contribution is 5.62.